The molecule has 10 heteroatoms. The van der Waals surface area contributed by atoms with Gasteiger partial charge in [-0.3, -0.25) is 14.9 Å². The summed E-state index contributed by atoms with van der Waals surface area (Å²) in [4.78, 5) is 35.0. The number of aromatic nitrogens is 4. The summed E-state index contributed by atoms with van der Waals surface area (Å²) >= 11 is 0. The normalized spacial score (nSPS) is 10.8. The van der Waals surface area contributed by atoms with Crippen LogP contribution in [0, 0.1) is 0 Å². The van der Waals surface area contributed by atoms with Crippen LogP contribution in [0.15, 0.2) is 35.9 Å². The molecular weight excluding hydrogens is 316 g/mol. The standard InChI is InChI=1S/C14H14N6O4/c1-8(7-11(21)16-14-17-19-20-18-14)12(22)15-10-5-3-9(4-6-10)13(23)24-2/h3-7H,1-2H3,(H,15,22)(H2,16,17,18,19,20,21)/b8-7+. The molecule has 2 rings (SSSR count). The van der Waals surface area contributed by atoms with Gasteiger partial charge in [-0.25, -0.2) is 4.79 Å². The quantitative estimate of drug-likeness (QED) is 0.536. The Morgan fingerprint density at radius 1 is 1.17 bits per heavy atom. The van der Waals surface area contributed by atoms with Crippen LogP contribution in [0.25, 0.3) is 0 Å². The number of anilines is 2. The maximum atomic E-state index is 12.0. The van der Waals surface area contributed by atoms with E-state index in [1.54, 1.807) is 12.1 Å². The molecule has 0 bridgehead atoms. The Kier molecular flexibility index (Phi) is 5.34. The maximum absolute atomic E-state index is 12.0. The van der Waals surface area contributed by atoms with Gasteiger partial charge in [0.1, 0.15) is 0 Å². The lowest BCUT2D eigenvalue weighted by atomic mass is 10.2. The first-order valence-corrected chi connectivity index (χ1v) is 6.72. The van der Waals surface area contributed by atoms with Crippen LogP contribution >= 0.6 is 0 Å². The van der Waals surface area contributed by atoms with E-state index in [1.165, 1.54) is 26.2 Å². The predicted molar refractivity (Wildman–Crippen MR) is 83.0 cm³/mol. The minimum Gasteiger partial charge on any atom is -0.465 e. The molecule has 3 N–H and O–H groups in total. The second kappa shape index (κ2) is 7.63. The third kappa shape index (κ3) is 4.47. The van der Waals surface area contributed by atoms with Crippen molar-refractivity contribution in [1.29, 1.82) is 0 Å². The number of aromatic amines is 1. The van der Waals surface area contributed by atoms with Crippen molar-refractivity contribution in [3.8, 4) is 0 Å². The van der Waals surface area contributed by atoms with Gasteiger partial charge in [0.25, 0.3) is 17.8 Å². The van der Waals surface area contributed by atoms with Crippen LogP contribution in [0.2, 0.25) is 0 Å². The number of carbonyl (C=O) groups is 3. The van der Waals surface area contributed by atoms with Crippen LogP contribution in [-0.2, 0) is 14.3 Å². The molecule has 1 aromatic carbocycles. The lowest BCUT2D eigenvalue weighted by Gasteiger charge is -2.06. The molecule has 2 amide bonds. The van der Waals surface area contributed by atoms with Crippen LogP contribution in [0.3, 0.4) is 0 Å². The number of tetrazole rings is 1. The molecule has 124 valence electrons. The van der Waals surface area contributed by atoms with Gasteiger partial charge in [0.15, 0.2) is 0 Å². The Hall–Kier alpha value is -3.56. The van der Waals surface area contributed by atoms with E-state index < -0.39 is 17.8 Å². The molecule has 24 heavy (non-hydrogen) atoms. The third-order valence-electron chi connectivity index (χ3n) is 2.85. The molecule has 0 atom stereocenters. The molecule has 0 aliphatic carbocycles. The predicted octanol–water partition coefficient (Wildman–Crippen LogP) is 0.510. The SMILES string of the molecule is COC(=O)c1ccc(NC(=O)/C(C)=C/C(=O)Nc2nn[nH]n2)cc1. The van der Waals surface area contributed by atoms with Crippen molar-refractivity contribution < 1.29 is 19.1 Å². The average Bonchev–Trinajstić information content (AvgIpc) is 3.07. The third-order valence-corrected chi connectivity index (χ3v) is 2.85. The lowest BCUT2D eigenvalue weighted by Crippen LogP contribution is -2.16. The number of hydrogen-bond donors (Lipinski definition) is 3. The van der Waals surface area contributed by atoms with Gasteiger partial charge in [0, 0.05) is 17.3 Å². The molecule has 0 unspecified atom stereocenters. The van der Waals surface area contributed by atoms with Crippen LogP contribution in [0.4, 0.5) is 11.6 Å². The summed E-state index contributed by atoms with van der Waals surface area (Å²) in [5, 5.41) is 17.5. The van der Waals surface area contributed by atoms with E-state index in [0.29, 0.717) is 11.3 Å². The van der Waals surface area contributed by atoms with E-state index in [0.717, 1.165) is 6.08 Å². The van der Waals surface area contributed by atoms with E-state index in [-0.39, 0.29) is 11.5 Å². The molecule has 2 aromatic rings. The molecular formula is C14H14N6O4. The highest BCUT2D eigenvalue weighted by Gasteiger charge is 2.10. The van der Waals surface area contributed by atoms with Gasteiger partial charge in [-0.15, -0.1) is 5.10 Å². The van der Waals surface area contributed by atoms with E-state index in [1.807, 2.05) is 0 Å². The molecule has 0 aliphatic rings. The minimum atomic E-state index is -0.565. The van der Waals surface area contributed by atoms with E-state index in [4.69, 9.17) is 0 Å². The van der Waals surface area contributed by atoms with Gasteiger partial charge in [-0.2, -0.15) is 5.21 Å². The molecule has 0 fully saturated rings. The molecule has 0 spiro atoms. The summed E-state index contributed by atoms with van der Waals surface area (Å²) in [6, 6.07) is 6.14. The fourth-order valence-electron chi connectivity index (χ4n) is 1.66. The smallest absolute Gasteiger partial charge is 0.337 e. The summed E-state index contributed by atoms with van der Waals surface area (Å²) in [5.74, 6) is -1.50. The summed E-state index contributed by atoms with van der Waals surface area (Å²) in [7, 11) is 1.28. The number of nitrogens with zero attached hydrogens (tertiary/aromatic N) is 3. The largest absolute Gasteiger partial charge is 0.465 e. The van der Waals surface area contributed by atoms with Gasteiger partial charge in [-0.05, 0) is 36.4 Å². The van der Waals surface area contributed by atoms with E-state index >= 15 is 0 Å². The average molecular weight is 330 g/mol. The van der Waals surface area contributed by atoms with Crippen molar-refractivity contribution in [2.75, 3.05) is 17.7 Å². The maximum Gasteiger partial charge on any atom is 0.337 e. The number of carbonyl (C=O) groups excluding carboxylic acids is 3. The Labute approximate surface area is 136 Å². The highest BCUT2D eigenvalue weighted by atomic mass is 16.5. The van der Waals surface area contributed by atoms with Crippen molar-refractivity contribution >= 4 is 29.4 Å². The second-order valence-corrected chi connectivity index (χ2v) is 4.58. The van der Waals surface area contributed by atoms with Gasteiger partial charge in [0.2, 0.25) is 0 Å². The summed E-state index contributed by atoms with van der Waals surface area (Å²) < 4.78 is 4.59. The van der Waals surface area contributed by atoms with Crippen molar-refractivity contribution in [3.63, 3.8) is 0 Å². The summed E-state index contributed by atoms with van der Waals surface area (Å²) in [6.45, 7) is 1.48. The zero-order valence-electron chi connectivity index (χ0n) is 12.9. The van der Waals surface area contributed by atoms with Crippen molar-refractivity contribution in [2.24, 2.45) is 0 Å². The van der Waals surface area contributed by atoms with Crippen molar-refractivity contribution in [2.45, 2.75) is 6.92 Å². The van der Waals surface area contributed by atoms with E-state index in [2.05, 4.69) is 36.0 Å². The number of rotatable bonds is 5. The Morgan fingerprint density at radius 2 is 1.88 bits per heavy atom. The topological polar surface area (TPSA) is 139 Å². The van der Waals surface area contributed by atoms with Gasteiger partial charge in [-0.1, -0.05) is 5.10 Å². The lowest BCUT2D eigenvalue weighted by molar-refractivity contribution is -0.114. The molecule has 0 radical (unpaired) electrons. The fraction of sp³-hybridized carbons (Fsp3) is 0.143. The van der Waals surface area contributed by atoms with Gasteiger partial charge >= 0.3 is 5.97 Å². The number of amides is 2. The first-order valence-electron chi connectivity index (χ1n) is 6.72. The molecule has 1 aromatic heterocycles. The number of hydrogen-bond acceptors (Lipinski definition) is 7. The number of ether oxygens (including phenoxy) is 1. The number of esters is 1. The molecule has 0 saturated heterocycles. The number of nitrogens with one attached hydrogen (secondary N) is 3. The van der Waals surface area contributed by atoms with Crippen molar-refractivity contribution in [1.82, 2.24) is 20.6 Å². The number of benzene rings is 1. The van der Waals surface area contributed by atoms with Crippen LogP contribution in [0.1, 0.15) is 17.3 Å². The molecule has 0 aliphatic heterocycles. The number of H-pyrrole nitrogens is 1. The molecule has 0 saturated carbocycles. The zero-order chi connectivity index (χ0) is 17.5. The highest BCUT2D eigenvalue weighted by molar-refractivity contribution is 6.09. The van der Waals surface area contributed by atoms with Gasteiger partial charge in [0.05, 0.1) is 12.7 Å². The van der Waals surface area contributed by atoms with Crippen molar-refractivity contribution in [3.05, 3.63) is 41.5 Å². The second-order valence-electron chi connectivity index (χ2n) is 4.58. The summed E-state index contributed by atoms with van der Waals surface area (Å²) in [6.07, 6.45) is 1.11. The van der Waals surface area contributed by atoms with Crippen LogP contribution < -0.4 is 10.6 Å². The van der Waals surface area contributed by atoms with Gasteiger partial charge < -0.3 is 10.1 Å². The molecule has 1 heterocycles. The van der Waals surface area contributed by atoms with E-state index in [9.17, 15) is 14.4 Å². The first-order chi connectivity index (χ1) is 11.5. The fourth-order valence-corrected chi connectivity index (χ4v) is 1.66. The number of methoxy groups -OCH3 is 1. The zero-order valence-corrected chi connectivity index (χ0v) is 12.9. The Bertz CT molecular complexity index is 767. The highest BCUT2D eigenvalue weighted by Crippen LogP contribution is 2.11. The summed E-state index contributed by atoms with van der Waals surface area (Å²) in [5.41, 5.74) is 1.01. The minimum absolute atomic E-state index is 0.00265. The monoisotopic (exact) mass is 330 g/mol. The first kappa shape index (κ1) is 16.8. The Morgan fingerprint density at radius 3 is 2.46 bits per heavy atom. The Balaban J connectivity index is 1.96. The molecule has 10 nitrogen and oxygen atoms in total. The van der Waals surface area contributed by atoms with Crippen LogP contribution in [-0.4, -0.2) is 45.5 Å². The van der Waals surface area contributed by atoms with Crippen LogP contribution in [0.5, 0.6) is 0 Å².